The molecule has 0 spiro atoms. The van der Waals surface area contributed by atoms with E-state index in [0.29, 0.717) is 17.4 Å². The summed E-state index contributed by atoms with van der Waals surface area (Å²) in [5.74, 6) is 0.479. The summed E-state index contributed by atoms with van der Waals surface area (Å²) < 4.78 is 27.1. The summed E-state index contributed by atoms with van der Waals surface area (Å²) in [4.78, 5) is 0.433. The molecule has 0 saturated carbocycles. The fourth-order valence-electron chi connectivity index (χ4n) is 2.81. The van der Waals surface area contributed by atoms with Crippen LogP contribution in [0.1, 0.15) is 12.5 Å². The predicted molar refractivity (Wildman–Crippen MR) is 76.5 cm³/mol. The fraction of sp³-hybridized carbons (Fsp3) is 0.538. The Balaban J connectivity index is 2.40. The summed E-state index contributed by atoms with van der Waals surface area (Å²) in [5, 5.41) is 0. The highest BCUT2D eigenvalue weighted by atomic mass is 32.2. The second kappa shape index (κ2) is 4.47. The van der Waals surface area contributed by atoms with Crippen molar-refractivity contribution < 1.29 is 8.42 Å². The molecule has 0 radical (unpaired) electrons. The molecule has 1 aromatic carbocycles. The molecule has 0 amide bonds. The van der Waals surface area contributed by atoms with Crippen molar-refractivity contribution in [3.05, 3.63) is 29.8 Å². The Morgan fingerprint density at radius 1 is 1.22 bits per heavy atom. The van der Waals surface area contributed by atoms with Gasteiger partial charge in [-0.15, -0.1) is 0 Å². The molecular weight excluding hydrogens is 262 g/mol. The lowest BCUT2D eigenvalue weighted by molar-refractivity contribution is 0.510. The van der Waals surface area contributed by atoms with Crippen molar-refractivity contribution in [2.24, 2.45) is 5.92 Å². The van der Waals surface area contributed by atoms with Crippen molar-refractivity contribution in [3.63, 3.8) is 0 Å². The van der Waals surface area contributed by atoms with Crippen LogP contribution in [0.5, 0.6) is 0 Å². The van der Waals surface area contributed by atoms with Crippen LogP contribution in [0, 0.1) is 12.8 Å². The van der Waals surface area contributed by atoms with E-state index in [4.69, 9.17) is 0 Å². The Bertz CT molecular complexity index is 537. The summed E-state index contributed by atoms with van der Waals surface area (Å²) in [6.07, 6.45) is 0. The highest BCUT2D eigenvalue weighted by Gasteiger charge is 2.45. The Hall–Kier alpha value is -0.653. The molecule has 100 valence electrons. The van der Waals surface area contributed by atoms with Crippen LogP contribution in [-0.4, -0.2) is 27.2 Å². The number of hydrogen-bond donors (Lipinski definition) is 0. The van der Waals surface area contributed by atoms with Crippen LogP contribution >= 0.6 is 0 Å². The van der Waals surface area contributed by atoms with E-state index in [1.807, 2.05) is 19.1 Å². The van der Waals surface area contributed by atoms with Gasteiger partial charge in [0.1, 0.15) is 8.24 Å². The van der Waals surface area contributed by atoms with Crippen molar-refractivity contribution in [2.75, 3.05) is 6.54 Å². The molecule has 1 aromatic rings. The Labute approximate surface area is 111 Å². The third kappa shape index (κ3) is 2.39. The molecule has 1 atom stereocenters. The molecule has 1 aliphatic rings. The van der Waals surface area contributed by atoms with Crippen LogP contribution in [0.2, 0.25) is 19.1 Å². The minimum Gasteiger partial charge on any atom is -0.220 e. The first kappa shape index (κ1) is 13.8. The predicted octanol–water partition coefficient (Wildman–Crippen LogP) is 2.84. The lowest BCUT2D eigenvalue weighted by Crippen LogP contribution is -2.46. The topological polar surface area (TPSA) is 37.4 Å². The summed E-state index contributed by atoms with van der Waals surface area (Å²) >= 11 is 0. The zero-order valence-corrected chi connectivity index (χ0v) is 13.3. The number of benzene rings is 1. The number of hydrogen-bond acceptors (Lipinski definition) is 2. The largest absolute Gasteiger partial charge is 0.237 e. The summed E-state index contributed by atoms with van der Waals surface area (Å²) in [7, 11) is -5.12. The standard InChI is InChI=1S/C13H21NO2SSi/c1-11-5-7-13(8-6-11)17(15,16)14-9-12(2)10-18(14,3)4/h5-8,12H,9-10H2,1-4H3. The number of sulfonamides is 1. The van der Waals surface area contributed by atoms with Gasteiger partial charge in [-0.2, -0.15) is 0 Å². The second-order valence-corrected chi connectivity index (χ2v) is 12.7. The van der Waals surface area contributed by atoms with Crippen LogP contribution in [0.15, 0.2) is 29.2 Å². The van der Waals surface area contributed by atoms with Gasteiger partial charge in [-0.05, 0) is 31.0 Å². The normalized spacial score (nSPS) is 24.3. The molecule has 1 fully saturated rings. The van der Waals surface area contributed by atoms with Crippen LogP contribution in [-0.2, 0) is 10.0 Å². The zero-order valence-electron chi connectivity index (χ0n) is 11.5. The lowest BCUT2D eigenvalue weighted by atomic mass is 10.2. The average Bonchev–Trinajstić information content (AvgIpc) is 2.53. The maximum absolute atomic E-state index is 12.7. The molecule has 1 saturated heterocycles. The van der Waals surface area contributed by atoms with E-state index in [1.54, 1.807) is 16.1 Å². The van der Waals surface area contributed by atoms with Gasteiger partial charge in [0.25, 0.3) is 0 Å². The third-order valence-electron chi connectivity index (χ3n) is 3.61. The smallest absolute Gasteiger partial charge is 0.220 e. The molecule has 2 rings (SSSR count). The molecule has 1 unspecified atom stereocenters. The lowest BCUT2D eigenvalue weighted by Gasteiger charge is -2.28. The molecule has 18 heavy (non-hydrogen) atoms. The first-order valence-corrected chi connectivity index (χ1v) is 10.9. The van der Waals surface area contributed by atoms with Gasteiger partial charge in [0.05, 0.1) is 4.90 Å². The van der Waals surface area contributed by atoms with Crippen LogP contribution < -0.4 is 0 Å². The molecule has 0 aliphatic carbocycles. The van der Waals surface area contributed by atoms with Crippen LogP contribution in [0.4, 0.5) is 0 Å². The van der Waals surface area contributed by atoms with Gasteiger partial charge in [-0.25, -0.2) is 12.4 Å². The molecule has 0 N–H and O–H groups in total. The Morgan fingerprint density at radius 3 is 2.22 bits per heavy atom. The Morgan fingerprint density at radius 2 is 1.78 bits per heavy atom. The van der Waals surface area contributed by atoms with E-state index in [9.17, 15) is 8.42 Å². The van der Waals surface area contributed by atoms with Gasteiger partial charge < -0.3 is 0 Å². The van der Waals surface area contributed by atoms with E-state index in [1.165, 1.54) is 0 Å². The molecular formula is C13H21NO2SSi. The van der Waals surface area contributed by atoms with Crippen LogP contribution in [0.3, 0.4) is 0 Å². The molecule has 0 aromatic heterocycles. The summed E-state index contributed by atoms with van der Waals surface area (Å²) in [6.45, 7) is 9.06. The van der Waals surface area contributed by atoms with Gasteiger partial charge >= 0.3 is 0 Å². The first-order chi connectivity index (χ1) is 8.23. The fourth-order valence-corrected chi connectivity index (χ4v) is 9.98. The molecule has 3 nitrogen and oxygen atoms in total. The summed E-state index contributed by atoms with van der Waals surface area (Å²) in [6, 6.07) is 8.22. The van der Waals surface area contributed by atoms with Gasteiger partial charge in [-0.3, -0.25) is 0 Å². The quantitative estimate of drug-likeness (QED) is 0.783. The monoisotopic (exact) mass is 283 g/mol. The Kier molecular flexibility index (Phi) is 3.42. The summed E-state index contributed by atoms with van der Waals surface area (Å²) in [5.41, 5.74) is 1.08. The maximum atomic E-state index is 12.7. The highest BCUT2D eigenvalue weighted by Crippen LogP contribution is 2.34. The maximum Gasteiger partial charge on any atom is 0.237 e. The molecule has 1 heterocycles. The number of nitrogens with zero attached hydrogens (tertiary/aromatic N) is 1. The SMILES string of the molecule is Cc1ccc(S(=O)(=O)N2CC(C)C[Si]2(C)C)cc1. The second-order valence-electron chi connectivity index (χ2n) is 5.97. The van der Waals surface area contributed by atoms with Gasteiger partial charge in [0.15, 0.2) is 0 Å². The minimum absolute atomic E-state index is 0.433. The number of rotatable bonds is 2. The molecule has 5 heteroatoms. The van der Waals surface area contributed by atoms with Crippen molar-refractivity contribution in [1.29, 1.82) is 0 Å². The van der Waals surface area contributed by atoms with Gasteiger partial charge in [0.2, 0.25) is 10.0 Å². The van der Waals surface area contributed by atoms with Gasteiger partial charge in [-0.1, -0.05) is 37.7 Å². The van der Waals surface area contributed by atoms with Crippen LogP contribution in [0.25, 0.3) is 0 Å². The van der Waals surface area contributed by atoms with Gasteiger partial charge in [0, 0.05) is 6.54 Å². The van der Waals surface area contributed by atoms with E-state index in [2.05, 4.69) is 20.0 Å². The highest BCUT2D eigenvalue weighted by molar-refractivity contribution is 7.90. The average molecular weight is 283 g/mol. The first-order valence-electron chi connectivity index (χ1n) is 6.33. The zero-order chi connectivity index (χ0) is 13.6. The molecule has 1 aliphatic heterocycles. The van der Waals surface area contributed by atoms with E-state index >= 15 is 0 Å². The third-order valence-corrected chi connectivity index (χ3v) is 10.6. The van der Waals surface area contributed by atoms with Crippen molar-refractivity contribution in [1.82, 2.24) is 3.97 Å². The van der Waals surface area contributed by atoms with E-state index < -0.39 is 18.3 Å². The van der Waals surface area contributed by atoms with E-state index in [0.717, 1.165) is 11.6 Å². The number of aryl methyl sites for hydroxylation is 1. The molecule has 0 bridgehead atoms. The minimum atomic E-state index is -3.30. The van der Waals surface area contributed by atoms with Crippen molar-refractivity contribution >= 4 is 18.3 Å². The van der Waals surface area contributed by atoms with Crippen molar-refractivity contribution in [3.8, 4) is 0 Å². The van der Waals surface area contributed by atoms with Crippen molar-refractivity contribution in [2.45, 2.75) is 37.9 Å². The van der Waals surface area contributed by atoms with E-state index in [-0.39, 0.29) is 0 Å².